The maximum atomic E-state index is 9.20. The van der Waals surface area contributed by atoms with Crippen LogP contribution in [0.3, 0.4) is 0 Å². The first kappa shape index (κ1) is 17.7. The molecule has 0 radical (unpaired) electrons. The van der Waals surface area contributed by atoms with Gasteiger partial charge in [-0.15, -0.1) is 0 Å². The van der Waals surface area contributed by atoms with Crippen LogP contribution < -0.4 is 0 Å². The summed E-state index contributed by atoms with van der Waals surface area (Å²) in [5.74, 6) is 0. The third-order valence-electron chi connectivity index (χ3n) is 0.250. The average molecular weight is 569 g/mol. The standard InChI is InChI=1S/H2O6S2.2Tl/c1-7(2,3)8(4,5)6;;/h(H,1,2,3)(H,4,5,6);;/q;2*+1/p-2. The molecule has 0 aromatic carbocycles. The number of hydrogen-bond donors (Lipinski definition) is 0. The Labute approximate surface area is 97.6 Å². The van der Waals surface area contributed by atoms with Gasteiger partial charge < -0.3 is 9.11 Å². The van der Waals surface area contributed by atoms with Crippen LogP contribution in [-0.2, 0) is 18.3 Å². The van der Waals surface area contributed by atoms with Gasteiger partial charge in [-0.3, -0.25) is 0 Å². The summed E-state index contributed by atoms with van der Waals surface area (Å²) in [5.41, 5.74) is 0. The van der Waals surface area contributed by atoms with Gasteiger partial charge in [-0.25, -0.2) is 16.8 Å². The zero-order valence-electron chi connectivity index (χ0n) is 4.42. The predicted octanol–water partition coefficient (Wildman–Crippen LogP) is -2.77. The van der Waals surface area contributed by atoms with E-state index in [1.165, 1.54) is 0 Å². The minimum atomic E-state index is -5.67. The Balaban J connectivity index is -0.000000245. The first-order valence-corrected chi connectivity index (χ1v) is 4.50. The normalized spacial score (nSPS) is 11.0. The van der Waals surface area contributed by atoms with E-state index in [4.69, 9.17) is 0 Å². The molecule has 0 fully saturated rings. The van der Waals surface area contributed by atoms with Crippen LogP contribution in [0.25, 0.3) is 0 Å². The van der Waals surface area contributed by atoms with Crippen LogP contribution in [0.5, 0.6) is 0 Å². The molecule has 0 saturated heterocycles. The molecule has 0 bridgehead atoms. The summed E-state index contributed by atoms with van der Waals surface area (Å²) in [6, 6.07) is 0. The van der Waals surface area contributed by atoms with Crippen LogP contribution in [-0.4, -0.2) is 80.5 Å². The van der Waals surface area contributed by atoms with Gasteiger partial charge in [0.25, 0.3) is 0 Å². The van der Waals surface area contributed by atoms with E-state index < -0.39 is 18.3 Å². The van der Waals surface area contributed by atoms with Gasteiger partial charge in [-0.1, -0.05) is 0 Å². The minimum Gasteiger partial charge on any atom is -0.736 e. The topological polar surface area (TPSA) is 114 Å². The van der Waals surface area contributed by atoms with Crippen molar-refractivity contribution >= 4 is 72.9 Å². The third-order valence-corrected chi connectivity index (χ3v) is 2.25. The molecule has 6 nitrogen and oxygen atoms in total. The van der Waals surface area contributed by atoms with Crippen molar-refractivity contribution in [1.29, 1.82) is 0 Å². The van der Waals surface area contributed by atoms with Crippen molar-refractivity contribution in [2.24, 2.45) is 0 Å². The Morgan fingerprint density at radius 2 is 0.800 bits per heavy atom. The fraction of sp³-hybridized carbons (Fsp3) is 0. The van der Waals surface area contributed by atoms with E-state index in [9.17, 15) is 25.9 Å². The fourth-order valence-electron chi connectivity index (χ4n) is 0. The first-order chi connectivity index (χ1) is 3.25. The molecule has 10 heavy (non-hydrogen) atoms. The molecule has 0 aromatic heterocycles. The van der Waals surface area contributed by atoms with Crippen molar-refractivity contribution in [1.82, 2.24) is 0 Å². The molecule has 0 aliphatic carbocycles. The SMILES string of the molecule is O=S(=O)([O-])S(=O)(=O)[O-].[Tl+].[Tl+]. The molecule has 54 valence electrons. The van der Waals surface area contributed by atoms with E-state index in [0.717, 1.165) is 0 Å². The average Bonchev–Trinajstić information content (AvgIpc) is 1.25. The van der Waals surface area contributed by atoms with Gasteiger partial charge in [-0.2, -0.15) is 0 Å². The molecule has 0 saturated carbocycles. The molecule has 10 heteroatoms. The van der Waals surface area contributed by atoms with Gasteiger partial charge in [0.05, 0.1) is 0 Å². The Morgan fingerprint density at radius 1 is 0.700 bits per heavy atom. The molecule has 0 aliphatic heterocycles. The minimum absolute atomic E-state index is 0. The van der Waals surface area contributed by atoms with Crippen molar-refractivity contribution < 1.29 is 25.9 Å². The quantitative estimate of drug-likeness (QED) is 0.192. The molecule has 0 spiro atoms. The smallest absolute Gasteiger partial charge is 0.736 e. The summed E-state index contributed by atoms with van der Waals surface area (Å²) in [6.07, 6.45) is 0. The zero-order valence-corrected chi connectivity index (χ0v) is 15.0. The molecule has 0 aliphatic rings. The van der Waals surface area contributed by atoms with E-state index in [-0.39, 0.29) is 54.6 Å². The van der Waals surface area contributed by atoms with E-state index >= 15 is 0 Å². The van der Waals surface area contributed by atoms with Crippen LogP contribution in [0, 0.1) is 0 Å². The van der Waals surface area contributed by atoms with Gasteiger partial charge in [0.1, 0.15) is 0 Å². The van der Waals surface area contributed by atoms with E-state index in [1.54, 1.807) is 0 Å². The molecular weight excluding hydrogens is 569 g/mol. The van der Waals surface area contributed by atoms with Gasteiger partial charge in [0, 0.05) is 0 Å². The summed E-state index contributed by atoms with van der Waals surface area (Å²) in [7, 11) is -11.3. The van der Waals surface area contributed by atoms with Crippen molar-refractivity contribution in [3.63, 3.8) is 0 Å². The van der Waals surface area contributed by atoms with Gasteiger partial charge in [0.2, 0.25) is 0 Å². The molecule has 0 atom stereocenters. The van der Waals surface area contributed by atoms with Gasteiger partial charge >= 0.3 is 54.6 Å². The summed E-state index contributed by atoms with van der Waals surface area (Å²) in [5, 5.41) is 0. The second kappa shape index (κ2) is 5.33. The Hall–Kier alpha value is 1.66. The van der Waals surface area contributed by atoms with Crippen LogP contribution in [0.4, 0.5) is 0 Å². The number of hydrogen-bond acceptors (Lipinski definition) is 6. The second-order valence-electron chi connectivity index (χ2n) is 0.816. The summed E-state index contributed by atoms with van der Waals surface area (Å²) in [6.45, 7) is 0. The van der Waals surface area contributed by atoms with Crippen molar-refractivity contribution in [2.75, 3.05) is 0 Å². The molecular formula is O6S2Tl2. The summed E-state index contributed by atoms with van der Waals surface area (Å²) >= 11 is 0. The molecule has 0 rings (SSSR count). The number of rotatable bonds is 1. The maximum Gasteiger partial charge on any atom is 1.00 e. The molecule has 0 amide bonds. The Kier molecular flexibility index (Phi) is 9.43. The van der Waals surface area contributed by atoms with Crippen molar-refractivity contribution in [2.45, 2.75) is 0 Å². The van der Waals surface area contributed by atoms with Crippen LogP contribution >= 0.6 is 0 Å². The largest absolute Gasteiger partial charge is 1.00 e. The predicted molar refractivity (Wildman–Crippen MR) is 30.9 cm³/mol. The Morgan fingerprint density at radius 3 is 0.800 bits per heavy atom. The van der Waals surface area contributed by atoms with E-state index in [1.807, 2.05) is 0 Å². The monoisotopic (exact) mass is 570 g/mol. The van der Waals surface area contributed by atoms with E-state index in [0.29, 0.717) is 0 Å². The molecule has 0 heterocycles. The molecule has 0 N–H and O–H groups in total. The van der Waals surface area contributed by atoms with Crippen LogP contribution in [0.1, 0.15) is 0 Å². The van der Waals surface area contributed by atoms with Crippen molar-refractivity contribution in [3.05, 3.63) is 0 Å². The molecule has 0 unspecified atom stereocenters. The van der Waals surface area contributed by atoms with Crippen LogP contribution in [0.2, 0.25) is 0 Å². The third kappa shape index (κ3) is 6.38. The van der Waals surface area contributed by atoms with Crippen LogP contribution in [0.15, 0.2) is 0 Å². The first-order valence-electron chi connectivity index (χ1n) is 1.17. The maximum absolute atomic E-state index is 9.20. The van der Waals surface area contributed by atoms with Gasteiger partial charge in [0.15, 0.2) is 18.3 Å². The van der Waals surface area contributed by atoms with E-state index in [2.05, 4.69) is 0 Å². The fourth-order valence-corrected chi connectivity index (χ4v) is 0. The Bertz CT molecular complexity index is 226. The molecule has 0 aromatic rings. The zero-order chi connectivity index (χ0) is 7.00. The van der Waals surface area contributed by atoms with Crippen molar-refractivity contribution in [3.8, 4) is 0 Å². The summed E-state index contributed by atoms with van der Waals surface area (Å²) < 4.78 is 55.2. The second-order valence-corrected chi connectivity index (χ2v) is 4.90. The van der Waals surface area contributed by atoms with Gasteiger partial charge in [-0.05, 0) is 0 Å². The summed E-state index contributed by atoms with van der Waals surface area (Å²) in [4.78, 5) is 0.